The summed E-state index contributed by atoms with van der Waals surface area (Å²) in [6.45, 7) is 0. The molecule has 0 saturated carbocycles. The largest absolute Gasteiger partial charge is 0.327 e. The molecule has 0 amide bonds. The molecule has 5 heteroatoms. The molecule has 0 aliphatic carbocycles. The Morgan fingerprint density at radius 1 is 1.23 bits per heavy atom. The van der Waals surface area contributed by atoms with Crippen LogP contribution in [0.4, 0.5) is 5.95 Å². The summed E-state index contributed by atoms with van der Waals surface area (Å²) >= 11 is 0. The van der Waals surface area contributed by atoms with Crippen LogP contribution in [0.25, 0.3) is 0 Å². The molecule has 2 aromatic rings. The fraction of sp³-hybridized carbons (Fsp3) is 0. The van der Waals surface area contributed by atoms with Crippen molar-refractivity contribution in [1.82, 2.24) is 20.6 Å². The summed E-state index contributed by atoms with van der Waals surface area (Å²) in [6, 6.07) is 9.69. The Hall–Kier alpha value is -2.04. The van der Waals surface area contributed by atoms with Crippen LogP contribution in [-0.4, -0.2) is 21.7 Å². The highest BCUT2D eigenvalue weighted by Crippen LogP contribution is 1.98. The topological polar surface area (TPSA) is 65.1 Å². The zero-order valence-electron chi connectivity index (χ0n) is 6.70. The highest BCUT2D eigenvalue weighted by atomic mass is 15.5. The molecule has 1 heterocycles. The number of benzene rings is 1. The summed E-state index contributed by atoms with van der Waals surface area (Å²) in [6.07, 6.45) is 1.67. The van der Waals surface area contributed by atoms with Crippen LogP contribution >= 0.6 is 0 Å². The molecule has 13 heavy (non-hydrogen) atoms. The van der Waals surface area contributed by atoms with Crippen molar-refractivity contribution in [3.8, 4) is 0 Å². The molecule has 0 aliphatic rings. The van der Waals surface area contributed by atoms with Gasteiger partial charge in [0, 0.05) is 0 Å². The molecule has 0 saturated heterocycles. The van der Waals surface area contributed by atoms with E-state index in [9.17, 15) is 0 Å². The predicted molar refractivity (Wildman–Crippen MR) is 46.8 cm³/mol. The molecule has 1 aromatic heterocycles. The monoisotopic (exact) mass is 172 g/mol. The van der Waals surface area contributed by atoms with E-state index in [0.717, 1.165) is 5.56 Å². The van der Waals surface area contributed by atoms with Crippen LogP contribution in [0.3, 0.4) is 0 Å². The van der Waals surface area contributed by atoms with E-state index in [2.05, 4.69) is 25.6 Å². The maximum atomic E-state index is 3.96. The van der Waals surface area contributed by atoms with Crippen molar-refractivity contribution in [2.45, 2.75) is 0 Å². The molecular weight excluding hydrogens is 166 g/mol. The van der Waals surface area contributed by atoms with Crippen LogP contribution < -0.4 is 5.10 Å². The van der Waals surface area contributed by atoms with E-state index in [4.69, 9.17) is 0 Å². The average Bonchev–Trinajstić information content (AvgIpc) is 2.69. The summed E-state index contributed by atoms with van der Waals surface area (Å²) in [7, 11) is 0. The maximum Gasteiger partial charge on any atom is 0.111 e. The number of rotatable bonds is 2. The van der Waals surface area contributed by atoms with Gasteiger partial charge in [0.1, 0.15) is 5.95 Å². The summed E-state index contributed by atoms with van der Waals surface area (Å²) < 4.78 is 0. The quantitative estimate of drug-likeness (QED) is 0.621. The van der Waals surface area contributed by atoms with Crippen molar-refractivity contribution in [2.24, 2.45) is 4.99 Å². The first-order chi connectivity index (χ1) is 6.45. The summed E-state index contributed by atoms with van der Waals surface area (Å²) in [5.41, 5.74) is 0.993. The molecule has 0 bridgehead atoms. The van der Waals surface area contributed by atoms with E-state index in [0.29, 0.717) is 0 Å². The first-order valence-electron chi connectivity index (χ1n) is 3.73. The summed E-state index contributed by atoms with van der Waals surface area (Å²) in [5, 5.41) is 13.7. The lowest BCUT2D eigenvalue weighted by Gasteiger charge is -1.92. The van der Waals surface area contributed by atoms with Gasteiger partial charge >= 0.3 is 0 Å². The second kappa shape index (κ2) is 3.57. The van der Waals surface area contributed by atoms with Gasteiger partial charge in [-0.15, -0.1) is 5.21 Å². The van der Waals surface area contributed by atoms with E-state index in [1.165, 1.54) is 0 Å². The molecule has 0 radical (unpaired) electrons. The van der Waals surface area contributed by atoms with Gasteiger partial charge in [0.25, 0.3) is 0 Å². The first kappa shape index (κ1) is 7.60. The molecule has 0 fully saturated rings. The van der Waals surface area contributed by atoms with Gasteiger partial charge in [-0.3, -0.25) is 5.10 Å². The third kappa shape index (κ3) is 1.96. The van der Waals surface area contributed by atoms with Crippen LogP contribution in [-0.2, 0) is 0 Å². The Labute approximate surface area is 74.5 Å². The molecule has 1 aromatic carbocycles. The van der Waals surface area contributed by atoms with Crippen LogP contribution in [0.1, 0.15) is 5.56 Å². The molecule has 64 valence electrons. The first-order valence-corrected chi connectivity index (χ1v) is 3.73. The number of hydrogen-bond donors (Lipinski definition) is 0. The Kier molecular flexibility index (Phi) is 2.09. The molecule has 5 nitrogen and oxygen atoms in total. The molecule has 2 rings (SSSR count). The fourth-order valence-electron chi connectivity index (χ4n) is 0.863. The fourth-order valence-corrected chi connectivity index (χ4v) is 0.863. The third-order valence-electron chi connectivity index (χ3n) is 1.44. The predicted octanol–water partition coefficient (Wildman–Crippen LogP) is 0.579. The van der Waals surface area contributed by atoms with Crippen molar-refractivity contribution in [3.63, 3.8) is 0 Å². The highest BCUT2D eigenvalue weighted by molar-refractivity contribution is 5.80. The van der Waals surface area contributed by atoms with Crippen LogP contribution in [0, 0.1) is 0 Å². The Morgan fingerprint density at radius 2 is 2.08 bits per heavy atom. The van der Waals surface area contributed by atoms with Crippen molar-refractivity contribution in [1.29, 1.82) is 0 Å². The van der Waals surface area contributed by atoms with Crippen LogP contribution in [0.2, 0.25) is 0 Å². The third-order valence-corrected chi connectivity index (χ3v) is 1.44. The van der Waals surface area contributed by atoms with Crippen molar-refractivity contribution in [2.75, 3.05) is 0 Å². The SMILES string of the molecule is C(=Nc1nnn[n-]1)c1ccccc1. The Morgan fingerprint density at radius 3 is 2.77 bits per heavy atom. The Bertz CT molecular complexity index is 378. The zero-order valence-corrected chi connectivity index (χ0v) is 6.70. The van der Waals surface area contributed by atoms with Gasteiger partial charge in [-0.05, 0) is 11.8 Å². The van der Waals surface area contributed by atoms with E-state index >= 15 is 0 Å². The summed E-state index contributed by atoms with van der Waals surface area (Å²) in [5.74, 6) is 0.281. The normalized spacial score (nSPS) is 10.8. The summed E-state index contributed by atoms with van der Waals surface area (Å²) in [4.78, 5) is 3.96. The number of aromatic nitrogens is 4. The lowest BCUT2D eigenvalue weighted by Crippen LogP contribution is -1.79. The van der Waals surface area contributed by atoms with Crippen molar-refractivity contribution in [3.05, 3.63) is 35.9 Å². The molecule has 0 atom stereocenters. The smallest absolute Gasteiger partial charge is 0.111 e. The van der Waals surface area contributed by atoms with Gasteiger partial charge in [0.15, 0.2) is 0 Å². The number of nitrogens with zero attached hydrogens (tertiary/aromatic N) is 5. The second-order valence-corrected chi connectivity index (χ2v) is 2.35. The molecule has 0 spiro atoms. The van der Waals surface area contributed by atoms with E-state index in [1.54, 1.807) is 6.21 Å². The van der Waals surface area contributed by atoms with E-state index in [-0.39, 0.29) is 5.95 Å². The van der Waals surface area contributed by atoms with Crippen LogP contribution in [0.15, 0.2) is 35.3 Å². The van der Waals surface area contributed by atoms with E-state index in [1.807, 2.05) is 30.3 Å². The average molecular weight is 172 g/mol. The number of tetrazole rings is 1. The van der Waals surface area contributed by atoms with Crippen molar-refractivity contribution >= 4 is 12.2 Å². The lowest BCUT2D eigenvalue weighted by atomic mass is 10.2. The Balaban J connectivity index is 2.15. The molecule has 0 aliphatic heterocycles. The second-order valence-electron chi connectivity index (χ2n) is 2.35. The number of hydrogen-bond acceptors (Lipinski definition) is 4. The maximum absolute atomic E-state index is 3.96. The standard InChI is InChI=1S/C8H6N5/c1-2-4-7(5-3-1)6-9-8-10-12-13-11-8/h1-6H/q-1. The lowest BCUT2D eigenvalue weighted by molar-refractivity contribution is 0.871. The minimum atomic E-state index is 0.281. The van der Waals surface area contributed by atoms with Gasteiger partial charge in [-0.2, -0.15) is 5.21 Å². The van der Waals surface area contributed by atoms with Gasteiger partial charge in [0.2, 0.25) is 0 Å². The molecular formula is C8H6N5-. The van der Waals surface area contributed by atoms with Crippen LogP contribution in [0.5, 0.6) is 0 Å². The minimum absolute atomic E-state index is 0.281. The zero-order chi connectivity index (χ0) is 8.93. The minimum Gasteiger partial charge on any atom is -0.327 e. The van der Waals surface area contributed by atoms with E-state index < -0.39 is 0 Å². The molecule has 0 unspecified atom stereocenters. The van der Waals surface area contributed by atoms with Gasteiger partial charge in [-0.25, -0.2) is 5.10 Å². The molecule has 0 N–H and O–H groups in total. The van der Waals surface area contributed by atoms with Crippen molar-refractivity contribution < 1.29 is 0 Å². The highest BCUT2D eigenvalue weighted by Gasteiger charge is 1.82. The van der Waals surface area contributed by atoms with Gasteiger partial charge in [0.05, 0.1) is 0 Å². The van der Waals surface area contributed by atoms with Gasteiger partial charge < -0.3 is 4.99 Å². The van der Waals surface area contributed by atoms with Gasteiger partial charge in [-0.1, -0.05) is 30.3 Å². The number of aliphatic imine (C=N–C) groups is 1.